The molecule has 0 aromatic heterocycles. The fraction of sp³-hybridized carbons (Fsp3) is 0.278. The van der Waals surface area contributed by atoms with Crippen molar-refractivity contribution < 1.29 is 4.79 Å². The zero-order chi connectivity index (χ0) is 14.7. The van der Waals surface area contributed by atoms with Gasteiger partial charge in [-0.3, -0.25) is 9.69 Å². The summed E-state index contributed by atoms with van der Waals surface area (Å²) >= 11 is 0. The van der Waals surface area contributed by atoms with Gasteiger partial charge in [0.15, 0.2) is 0 Å². The molecule has 1 aliphatic heterocycles. The highest BCUT2D eigenvalue weighted by Crippen LogP contribution is 2.28. The number of amides is 1. The van der Waals surface area contributed by atoms with Crippen LogP contribution in [0.3, 0.4) is 0 Å². The van der Waals surface area contributed by atoms with Crippen LogP contribution in [0.1, 0.15) is 12.8 Å². The lowest BCUT2D eigenvalue weighted by Crippen LogP contribution is -2.37. The molecule has 1 aliphatic rings. The minimum Gasteiger partial charge on any atom is -0.324 e. The number of carbonyl (C=O) groups is 1. The lowest BCUT2D eigenvalue weighted by Gasteiger charge is -2.20. The molecule has 0 radical (unpaired) electrons. The number of hydrogen-bond acceptors (Lipinski definition) is 2. The first-order valence-corrected chi connectivity index (χ1v) is 7.41. The van der Waals surface area contributed by atoms with E-state index in [1.165, 1.54) is 0 Å². The largest absolute Gasteiger partial charge is 0.324 e. The molecule has 21 heavy (non-hydrogen) atoms. The van der Waals surface area contributed by atoms with Gasteiger partial charge in [0.05, 0.1) is 6.04 Å². The second-order valence-electron chi connectivity index (χ2n) is 5.54. The molecular weight excluding hydrogens is 260 g/mol. The molecule has 1 heterocycles. The van der Waals surface area contributed by atoms with Crippen molar-refractivity contribution in [2.45, 2.75) is 18.9 Å². The Kier molecular flexibility index (Phi) is 4.02. The van der Waals surface area contributed by atoms with Gasteiger partial charge < -0.3 is 5.32 Å². The number of rotatable bonds is 3. The topological polar surface area (TPSA) is 32.3 Å². The Hall–Kier alpha value is -2.13. The zero-order valence-corrected chi connectivity index (χ0v) is 12.3. The van der Waals surface area contributed by atoms with Crippen molar-refractivity contribution in [1.82, 2.24) is 4.90 Å². The number of hydrogen-bond donors (Lipinski definition) is 1. The van der Waals surface area contributed by atoms with Crippen LogP contribution in [0.15, 0.2) is 54.6 Å². The number of nitrogens with one attached hydrogen (secondary N) is 1. The van der Waals surface area contributed by atoms with Gasteiger partial charge in [-0.2, -0.15) is 0 Å². The van der Waals surface area contributed by atoms with Gasteiger partial charge in [0.2, 0.25) is 5.91 Å². The minimum atomic E-state index is -0.00571. The van der Waals surface area contributed by atoms with E-state index in [1.807, 2.05) is 49.5 Å². The SMILES string of the molecule is CN1CCC[C@H]1C(=O)Nc1ccccc1-c1ccccc1. The molecule has 1 atom stereocenters. The van der Waals surface area contributed by atoms with Crippen molar-refractivity contribution in [2.75, 3.05) is 18.9 Å². The Morgan fingerprint density at radius 3 is 2.52 bits per heavy atom. The molecule has 2 aromatic rings. The lowest BCUT2D eigenvalue weighted by atomic mass is 10.0. The molecule has 0 spiro atoms. The summed E-state index contributed by atoms with van der Waals surface area (Å²) in [5, 5.41) is 3.10. The van der Waals surface area contributed by atoms with E-state index in [1.54, 1.807) is 0 Å². The molecule has 3 rings (SSSR count). The van der Waals surface area contributed by atoms with E-state index < -0.39 is 0 Å². The maximum absolute atomic E-state index is 12.5. The third-order valence-corrected chi connectivity index (χ3v) is 4.09. The van der Waals surface area contributed by atoms with E-state index in [2.05, 4.69) is 22.3 Å². The van der Waals surface area contributed by atoms with Gasteiger partial charge in [0, 0.05) is 11.3 Å². The highest BCUT2D eigenvalue weighted by Gasteiger charge is 2.28. The number of benzene rings is 2. The van der Waals surface area contributed by atoms with Gasteiger partial charge in [-0.15, -0.1) is 0 Å². The first kappa shape index (κ1) is 13.8. The summed E-state index contributed by atoms with van der Waals surface area (Å²) in [5.41, 5.74) is 3.06. The first-order valence-electron chi connectivity index (χ1n) is 7.41. The molecule has 0 unspecified atom stereocenters. The number of likely N-dealkylation sites (tertiary alicyclic amines) is 1. The molecule has 1 amide bonds. The second kappa shape index (κ2) is 6.10. The van der Waals surface area contributed by atoms with Gasteiger partial charge in [0.25, 0.3) is 0 Å². The summed E-state index contributed by atoms with van der Waals surface area (Å²) in [4.78, 5) is 14.6. The Balaban J connectivity index is 1.85. The van der Waals surface area contributed by atoms with Crippen LogP contribution < -0.4 is 5.32 Å². The fourth-order valence-electron chi connectivity index (χ4n) is 2.92. The number of para-hydroxylation sites is 1. The van der Waals surface area contributed by atoms with E-state index in [0.29, 0.717) is 0 Å². The van der Waals surface area contributed by atoms with Crippen molar-refractivity contribution in [1.29, 1.82) is 0 Å². The maximum atomic E-state index is 12.5. The summed E-state index contributed by atoms with van der Waals surface area (Å²) in [6.07, 6.45) is 2.03. The van der Waals surface area contributed by atoms with Crippen LogP contribution in [0.4, 0.5) is 5.69 Å². The van der Waals surface area contributed by atoms with E-state index in [9.17, 15) is 4.79 Å². The van der Waals surface area contributed by atoms with Crippen LogP contribution in [0, 0.1) is 0 Å². The Morgan fingerprint density at radius 1 is 1.10 bits per heavy atom. The number of carbonyl (C=O) groups excluding carboxylic acids is 1. The van der Waals surface area contributed by atoms with Gasteiger partial charge in [-0.05, 0) is 38.1 Å². The average Bonchev–Trinajstić information content (AvgIpc) is 2.95. The number of nitrogens with zero attached hydrogens (tertiary/aromatic N) is 1. The highest BCUT2D eigenvalue weighted by atomic mass is 16.2. The normalized spacial score (nSPS) is 18.6. The molecule has 0 aliphatic carbocycles. The standard InChI is InChI=1S/C18H20N2O/c1-20-13-7-12-17(20)18(21)19-16-11-6-5-10-15(16)14-8-3-2-4-9-14/h2-6,8-11,17H,7,12-13H2,1H3,(H,19,21)/t17-/m0/s1. The van der Waals surface area contributed by atoms with Crippen LogP contribution in [-0.2, 0) is 4.79 Å². The molecule has 0 bridgehead atoms. The van der Waals surface area contributed by atoms with Crippen LogP contribution >= 0.6 is 0 Å². The van der Waals surface area contributed by atoms with Crippen molar-refractivity contribution in [2.24, 2.45) is 0 Å². The van der Waals surface area contributed by atoms with Gasteiger partial charge in [-0.1, -0.05) is 48.5 Å². The van der Waals surface area contributed by atoms with Crippen LogP contribution in [0.25, 0.3) is 11.1 Å². The second-order valence-corrected chi connectivity index (χ2v) is 5.54. The van der Waals surface area contributed by atoms with E-state index in [-0.39, 0.29) is 11.9 Å². The first-order chi connectivity index (χ1) is 10.3. The molecule has 1 N–H and O–H groups in total. The van der Waals surface area contributed by atoms with E-state index >= 15 is 0 Å². The molecule has 3 heteroatoms. The van der Waals surface area contributed by atoms with Crippen LogP contribution in [-0.4, -0.2) is 30.4 Å². The summed E-state index contributed by atoms with van der Waals surface area (Å²) in [6, 6.07) is 18.1. The monoisotopic (exact) mass is 280 g/mol. The quantitative estimate of drug-likeness (QED) is 0.934. The van der Waals surface area contributed by atoms with Crippen LogP contribution in [0.5, 0.6) is 0 Å². The van der Waals surface area contributed by atoms with Crippen molar-refractivity contribution in [3.63, 3.8) is 0 Å². The van der Waals surface area contributed by atoms with Gasteiger partial charge in [0.1, 0.15) is 0 Å². The Bertz CT molecular complexity index is 624. The molecule has 1 saturated heterocycles. The summed E-state index contributed by atoms with van der Waals surface area (Å²) in [7, 11) is 2.01. The molecule has 2 aromatic carbocycles. The molecule has 3 nitrogen and oxygen atoms in total. The third kappa shape index (κ3) is 2.98. The maximum Gasteiger partial charge on any atom is 0.241 e. The lowest BCUT2D eigenvalue weighted by molar-refractivity contribution is -0.119. The van der Waals surface area contributed by atoms with E-state index in [0.717, 1.165) is 36.2 Å². The predicted molar refractivity (Wildman–Crippen MR) is 86.2 cm³/mol. The van der Waals surface area contributed by atoms with Crippen molar-refractivity contribution in [3.8, 4) is 11.1 Å². The average molecular weight is 280 g/mol. The van der Waals surface area contributed by atoms with Crippen molar-refractivity contribution >= 4 is 11.6 Å². The third-order valence-electron chi connectivity index (χ3n) is 4.09. The van der Waals surface area contributed by atoms with E-state index in [4.69, 9.17) is 0 Å². The predicted octanol–water partition coefficient (Wildman–Crippen LogP) is 3.39. The molecule has 0 saturated carbocycles. The van der Waals surface area contributed by atoms with Gasteiger partial charge in [-0.25, -0.2) is 0 Å². The Morgan fingerprint density at radius 2 is 1.81 bits per heavy atom. The molecule has 108 valence electrons. The summed E-state index contributed by atoms with van der Waals surface area (Å²) in [5.74, 6) is 0.0957. The zero-order valence-electron chi connectivity index (χ0n) is 12.3. The fourth-order valence-corrected chi connectivity index (χ4v) is 2.92. The molecule has 1 fully saturated rings. The van der Waals surface area contributed by atoms with Crippen LogP contribution in [0.2, 0.25) is 0 Å². The van der Waals surface area contributed by atoms with Gasteiger partial charge >= 0.3 is 0 Å². The Labute approximate surface area is 125 Å². The smallest absolute Gasteiger partial charge is 0.241 e. The summed E-state index contributed by atoms with van der Waals surface area (Å²) in [6.45, 7) is 0.998. The molecular formula is C18H20N2O. The van der Waals surface area contributed by atoms with Crippen molar-refractivity contribution in [3.05, 3.63) is 54.6 Å². The number of likely N-dealkylation sites (N-methyl/N-ethyl adjacent to an activating group) is 1. The highest BCUT2D eigenvalue weighted by molar-refractivity contribution is 5.98. The number of anilines is 1. The summed E-state index contributed by atoms with van der Waals surface area (Å²) < 4.78 is 0. The minimum absolute atomic E-state index is 0.00571.